The summed E-state index contributed by atoms with van der Waals surface area (Å²) in [5.41, 5.74) is 1.41. The van der Waals surface area contributed by atoms with E-state index in [-0.39, 0.29) is 5.56 Å². The van der Waals surface area contributed by atoms with E-state index in [0.717, 1.165) is 10.6 Å². The maximum Gasteiger partial charge on any atom is 0.252 e. The Morgan fingerprint density at radius 2 is 1.83 bits per heavy atom. The normalized spacial score (nSPS) is 10.5. The lowest BCUT2D eigenvalue weighted by Crippen LogP contribution is -2.11. The number of aromatic nitrogens is 2. The summed E-state index contributed by atoms with van der Waals surface area (Å²) in [6.45, 7) is 0. The van der Waals surface area contributed by atoms with Crippen molar-refractivity contribution in [1.29, 1.82) is 0 Å². The number of hydrogen-bond donors (Lipinski definition) is 2. The Kier molecular flexibility index (Phi) is 5.00. The molecule has 116 valence electrons. The fourth-order valence-corrected chi connectivity index (χ4v) is 2.90. The van der Waals surface area contributed by atoms with Crippen molar-refractivity contribution in [3.05, 3.63) is 81.7 Å². The second-order valence-corrected chi connectivity index (χ2v) is 6.30. The first-order valence-corrected chi connectivity index (χ1v) is 8.36. The Morgan fingerprint density at radius 1 is 1.09 bits per heavy atom. The number of benzene rings is 2. The molecule has 0 saturated heterocycles. The van der Waals surface area contributed by atoms with Crippen molar-refractivity contribution < 1.29 is 0 Å². The smallest absolute Gasteiger partial charge is 0.252 e. The monoisotopic (exact) mass is 343 g/mol. The van der Waals surface area contributed by atoms with Crippen LogP contribution in [0, 0.1) is 0 Å². The molecule has 0 fully saturated rings. The summed E-state index contributed by atoms with van der Waals surface area (Å²) in [4.78, 5) is 20.0. The van der Waals surface area contributed by atoms with Gasteiger partial charge in [-0.3, -0.25) is 9.78 Å². The summed E-state index contributed by atoms with van der Waals surface area (Å²) >= 11 is 7.48. The lowest BCUT2D eigenvalue weighted by molar-refractivity contribution is 1.06. The number of anilines is 2. The Bertz CT molecular complexity index is 834. The standard InChI is InChI=1S/C17H14ClN3OS/c18-12-6-8-15(9-7-12)23-11-14-10-16(22)21-17(20-14)19-13-4-2-1-3-5-13/h1-10H,11H2,(H2,19,20,21,22). The summed E-state index contributed by atoms with van der Waals surface area (Å²) in [6, 6.07) is 18.7. The minimum absolute atomic E-state index is 0.176. The molecule has 3 aromatic rings. The van der Waals surface area contributed by atoms with Gasteiger partial charge >= 0.3 is 0 Å². The molecule has 0 aliphatic rings. The molecule has 0 aliphatic carbocycles. The highest BCUT2D eigenvalue weighted by atomic mass is 35.5. The Morgan fingerprint density at radius 3 is 2.57 bits per heavy atom. The first kappa shape index (κ1) is 15.6. The zero-order valence-corrected chi connectivity index (χ0v) is 13.7. The van der Waals surface area contributed by atoms with Crippen LogP contribution >= 0.6 is 23.4 Å². The molecule has 1 aromatic heterocycles. The Balaban J connectivity index is 1.72. The zero-order valence-electron chi connectivity index (χ0n) is 12.1. The molecule has 0 atom stereocenters. The van der Waals surface area contributed by atoms with E-state index in [9.17, 15) is 4.79 Å². The minimum Gasteiger partial charge on any atom is -0.326 e. The second kappa shape index (κ2) is 7.35. The molecule has 0 amide bonds. The SMILES string of the molecule is O=c1cc(CSc2ccc(Cl)cc2)nc(Nc2ccccc2)[nH]1. The zero-order chi connectivity index (χ0) is 16.1. The van der Waals surface area contributed by atoms with Crippen molar-refractivity contribution in [2.24, 2.45) is 0 Å². The number of rotatable bonds is 5. The molecule has 23 heavy (non-hydrogen) atoms. The maximum absolute atomic E-state index is 11.8. The Hall–Kier alpha value is -2.24. The van der Waals surface area contributed by atoms with Crippen molar-refractivity contribution >= 4 is 35.0 Å². The average Bonchev–Trinajstić information content (AvgIpc) is 2.55. The molecule has 2 aromatic carbocycles. The van der Waals surface area contributed by atoms with Crippen LogP contribution in [-0.2, 0) is 5.75 Å². The van der Waals surface area contributed by atoms with Gasteiger partial charge in [0.05, 0.1) is 5.69 Å². The molecule has 0 radical (unpaired) electrons. The van der Waals surface area contributed by atoms with E-state index in [1.807, 2.05) is 54.6 Å². The number of H-pyrrole nitrogens is 1. The third-order valence-electron chi connectivity index (χ3n) is 3.03. The summed E-state index contributed by atoms with van der Waals surface area (Å²) < 4.78 is 0. The van der Waals surface area contributed by atoms with Gasteiger partial charge in [0, 0.05) is 27.4 Å². The van der Waals surface area contributed by atoms with Gasteiger partial charge in [-0.05, 0) is 36.4 Å². The summed E-state index contributed by atoms with van der Waals surface area (Å²) in [5.74, 6) is 1.05. The van der Waals surface area contributed by atoms with Gasteiger partial charge in [-0.2, -0.15) is 0 Å². The van der Waals surface area contributed by atoms with E-state index in [1.165, 1.54) is 6.07 Å². The van der Waals surface area contributed by atoms with Crippen LogP contribution in [0.3, 0.4) is 0 Å². The molecule has 0 aliphatic heterocycles. The fraction of sp³-hybridized carbons (Fsp3) is 0.0588. The van der Waals surface area contributed by atoms with Crippen molar-refractivity contribution in [2.75, 3.05) is 5.32 Å². The van der Waals surface area contributed by atoms with E-state index >= 15 is 0 Å². The predicted molar refractivity (Wildman–Crippen MR) is 95.6 cm³/mol. The van der Waals surface area contributed by atoms with Gasteiger partial charge in [0.15, 0.2) is 0 Å². The van der Waals surface area contributed by atoms with E-state index in [0.29, 0.717) is 22.4 Å². The molecule has 4 nitrogen and oxygen atoms in total. The van der Waals surface area contributed by atoms with Crippen LogP contribution in [0.4, 0.5) is 11.6 Å². The number of para-hydroxylation sites is 1. The van der Waals surface area contributed by atoms with Crippen LogP contribution < -0.4 is 10.9 Å². The number of hydrogen-bond acceptors (Lipinski definition) is 4. The van der Waals surface area contributed by atoms with E-state index < -0.39 is 0 Å². The fourth-order valence-electron chi connectivity index (χ4n) is 1.99. The van der Waals surface area contributed by atoms with Crippen LogP contribution in [0.25, 0.3) is 0 Å². The highest BCUT2D eigenvalue weighted by Crippen LogP contribution is 2.23. The molecule has 0 bridgehead atoms. The average molecular weight is 344 g/mol. The van der Waals surface area contributed by atoms with Gasteiger partial charge in [-0.15, -0.1) is 11.8 Å². The van der Waals surface area contributed by atoms with Crippen molar-refractivity contribution in [3.8, 4) is 0 Å². The number of halogens is 1. The third kappa shape index (κ3) is 4.61. The number of thioether (sulfide) groups is 1. The van der Waals surface area contributed by atoms with Gasteiger partial charge < -0.3 is 5.32 Å². The predicted octanol–water partition coefficient (Wildman–Crippen LogP) is 4.46. The topological polar surface area (TPSA) is 57.8 Å². The highest BCUT2D eigenvalue weighted by Gasteiger charge is 2.03. The van der Waals surface area contributed by atoms with Gasteiger partial charge in [0.1, 0.15) is 0 Å². The van der Waals surface area contributed by atoms with Crippen LogP contribution in [0.1, 0.15) is 5.69 Å². The van der Waals surface area contributed by atoms with Gasteiger partial charge in [0.2, 0.25) is 5.95 Å². The number of nitrogens with one attached hydrogen (secondary N) is 2. The van der Waals surface area contributed by atoms with E-state index in [2.05, 4.69) is 15.3 Å². The maximum atomic E-state index is 11.8. The van der Waals surface area contributed by atoms with Crippen molar-refractivity contribution in [3.63, 3.8) is 0 Å². The van der Waals surface area contributed by atoms with Crippen molar-refractivity contribution in [2.45, 2.75) is 10.6 Å². The molecule has 1 heterocycles. The van der Waals surface area contributed by atoms with Gasteiger partial charge in [-0.25, -0.2) is 4.98 Å². The molecule has 6 heteroatoms. The summed E-state index contributed by atoms with van der Waals surface area (Å²) in [7, 11) is 0. The molecular formula is C17H14ClN3OS. The van der Waals surface area contributed by atoms with Crippen LogP contribution in [0.5, 0.6) is 0 Å². The minimum atomic E-state index is -0.176. The largest absolute Gasteiger partial charge is 0.326 e. The molecule has 0 saturated carbocycles. The van der Waals surface area contributed by atoms with Crippen molar-refractivity contribution in [1.82, 2.24) is 9.97 Å². The third-order valence-corrected chi connectivity index (χ3v) is 4.33. The lowest BCUT2D eigenvalue weighted by atomic mass is 10.3. The van der Waals surface area contributed by atoms with Crippen LogP contribution in [0.2, 0.25) is 5.02 Å². The number of aromatic amines is 1. The van der Waals surface area contributed by atoms with Crippen LogP contribution in [0.15, 0.2) is 70.4 Å². The highest BCUT2D eigenvalue weighted by molar-refractivity contribution is 7.98. The molecule has 0 spiro atoms. The summed E-state index contributed by atoms with van der Waals surface area (Å²) in [5, 5.41) is 3.80. The molecular weight excluding hydrogens is 330 g/mol. The molecule has 0 unspecified atom stereocenters. The molecule has 2 N–H and O–H groups in total. The van der Waals surface area contributed by atoms with E-state index in [1.54, 1.807) is 11.8 Å². The molecule has 3 rings (SSSR count). The quantitative estimate of drug-likeness (QED) is 0.671. The summed E-state index contributed by atoms with van der Waals surface area (Å²) in [6.07, 6.45) is 0. The van der Waals surface area contributed by atoms with Gasteiger partial charge in [-0.1, -0.05) is 29.8 Å². The first-order chi connectivity index (χ1) is 11.2. The second-order valence-electron chi connectivity index (χ2n) is 4.82. The Labute approximate surface area is 142 Å². The lowest BCUT2D eigenvalue weighted by Gasteiger charge is -2.07. The number of nitrogens with zero attached hydrogens (tertiary/aromatic N) is 1. The van der Waals surface area contributed by atoms with Crippen LogP contribution in [-0.4, -0.2) is 9.97 Å². The first-order valence-electron chi connectivity index (χ1n) is 7.00. The van der Waals surface area contributed by atoms with E-state index in [4.69, 9.17) is 11.6 Å². The van der Waals surface area contributed by atoms with Gasteiger partial charge in [0.25, 0.3) is 5.56 Å².